The molecule has 0 bridgehead atoms. The second kappa shape index (κ2) is 4.73. The summed E-state index contributed by atoms with van der Waals surface area (Å²) >= 11 is 0. The summed E-state index contributed by atoms with van der Waals surface area (Å²) in [6.45, 7) is 0.752. The molecule has 0 saturated carbocycles. The lowest BCUT2D eigenvalue weighted by molar-refractivity contribution is -0.133. The van der Waals surface area contributed by atoms with Crippen molar-refractivity contribution < 1.29 is 4.79 Å². The number of hydrogen-bond donors (Lipinski definition) is 0. The van der Waals surface area contributed by atoms with Crippen LogP contribution in [0.5, 0.6) is 0 Å². The average Bonchev–Trinajstić information content (AvgIpc) is 2.29. The molecule has 0 N–H and O–H groups in total. The second-order valence-corrected chi connectivity index (χ2v) is 3.63. The van der Waals surface area contributed by atoms with Gasteiger partial charge in [0.25, 0.3) is 0 Å². The molecule has 1 fully saturated rings. The van der Waals surface area contributed by atoms with Crippen molar-refractivity contribution in [3.05, 3.63) is 35.9 Å². The lowest BCUT2D eigenvalue weighted by Crippen LogP contribution is -2.30. The first-order chi connectivity index (χ1) is 7.36. The van der Waals surface area contributed by atoms with Crippen LogP contribution in [0.15, 0.2) is 35.4 Å². The van der Waals surface area contributed by atoms with Gasteiger partial charge in [-0.05, 0) is 18.4 Å². The first kappa shape index (κ1) is 9.90. The number of piperidine rings is 1. The van der Waals surface area contributed by atoms with E-state index >= 15 is 0 Å². The molecule has 78 valence electrons. The fourth-order valence-corrected chi connectivity index (χ4v) is 1.59. The molecule has 1 amide bonds. The quantitative estimate of drug-likeness (QED) is 0.675. The van der Waals surface area contributed by atoms with Crippen LogP contribution in [-0.2, 0) is 4.79 Å². The van der Waals surface area contributed by atoms with Crippen LogP contribution < -0.4 is 0 Å². The van der Waals surface area contributed by atoms with Gasteiger partial charge in [0.15, 0.2) is 0 Å². The van der Waals surface area contributed by atoms with Crippen molar-refractivity contribution in [3.8, 4) is 0 Å². The van der Waals surface area contributed by atoms with Gasteiger partial charge in [-0.25, -0.2) is 5.01 Å². The van der Waals surface area contributed by atoms with Gasteiger partial charge in [-0.15, -0.1) is 0 Å². The number of amides is 1. The highest BCUT2D eigenvalue weighted by Gasteiger charge is 2.16. The van der Waals surface area contributed by atoms with Gasteiger partial charge in [0, 0.05) is 13.0 Å². The van der Waals surface area contributed by atoms with Crippen molar-refractivity contribution >= 4 is 12.1 Å². The maximum absolute atomic E-state index is 11.4. The lowest BCUT2D eigenvalue weighted by Gasteiger charge is -2.21. The van der Waals surface area contributed by atoms with E-state index in [2.05, 4.69) is 5.10 Å². The van der Waals surface area contributed by atoms with Crippen LogP contribution in [0.25, 0.3) is 0 Å². The number of carbonyl (C=O) groups excluding carboxylic acids is 1. The molecule has 1 aromatic carbocycles. The van der Waals surface area contributed by atoms with E-state index < -0.39 is 0 Å². The summed E-state index contributed by atoms with van der Waals surface area (Å²) in [5, 5.41) is 5.76. The summed E-state index contributed by atoms with van der Waals surface area (Å²) in [6, 6.07) is 9.82. The molecule has 15 heavy (non-hydrogen) atoms. The number of hydrazone groups is 1. The Hall–Kier alpha value is -1.64. The molecular formula is C12H14N2O. The molecule has 3 heteroatoms. The third-order valence-corrected chi connectivity index (χ3v) is 2.44. The van der Waals surface area contributed by atoms with Gasteiger partial charge >= 0.3 is 0 Å². The molecule has 0 unspecified atom stereocenters. The van der Waals surface area contributed by atoms with E-state index in [1.165, 1.54) is 0 Å². The molecule has 1 aromatic rings. The van der Waals surface area contributed by atoms with Gasteiger partial charge in [0.2, 0.25) is 5.91 Å². The van der Waals surface area contributed by atoms with Crippen molar-refractivity contribution in [1.29, 1.82) is 0 Å². The van der Waals surface area contributed by atoms with E-state index in [0.717, 1.165) is 24.9 Å². The Morgan fingerprint density at radius 2 is 2.00 bits per heavy atom. The molecular weight excluding hydrogens is 188 g/mol. The fraction of sp³-hybridized carbons (Fsp3) is 0.333. The highest BCUT2D eigenvalue weighted by Crippen LogP contribution is 2.10. The van der Waals surface area contributed by atoms with Gasteiger partial charge in [0.05, 0.1) is 6.21 Å². The van der Waals surface area contributed by atoms with Crippen LogP contribution in [0.3, 0.4) is 0 Å². The first-order valence-electron chi connectivity index (χ1n) is 5.26. The van der Waals surface area contributed by atoms with E-state index in [1.54, 1.807) is 11.2 Å². The zero-order valence-corrected chi connectivity index (χ0v) is 8.60. The maximum Gasteiger partial charge on any atom is 0.242 e. The molecule has 0 aromatic heterocycles. The Bertz CT molecular complexity index is 359. The molecule has 1 aliphatic rings. The van der Waals surface area contributed by atoms with Gasteiger partial charge in [-0.2, -0.15) is 5.10 Å². The molecule has 3 nitrogen and oxygen atoms in total. The van der Waals surface area contributed by atoms with Crippen LogP contribution in [0.2, 0.25) is 0 Å². The van der Waals surface area contributed by atoms with Crippen LogP contribution in [0.1, 0.15) is 24.8 Å². The average molecular weight is 202 g/mol. The number of nitrogens with zero attached hydrogens (tertiary/aromatic N) is 2. The third kappa shape index (κ3) is 2.65. The Balaban J connectivity index is 2.01. The smallest absolute Gasteiger partial charge is 0.242 e. The van der Waals surface area contributed by atoms with Crippen LogP contribution >= 0.6 is 0 Å². The largest absolute Gasteiger partial charge is 0.273 e. The molecule has 1 aliphatic heterocycles. The van der Waals surface area contributed by atoms with Crippen molar-refractivity contribution in [2.45, 2.75) is 19.3 Å². The highest BCUT2D eigenvalue weighted by molar-refractivity contribution is 5.82. The Labute approximate surface area is 89.4 Å². The standard InChI is InChI=1S/C12H14N2O/c15-12-8-4-5-9-14(12)13-10-11-6-2-1-3-7-11/h1-3,6-7,10H,4-5,8-9H2/b13-10+. The minimum Gasteiger partial charge on any atom is -0.273 e. The normalized spacial score (nSPS) is 17.3. The number of benzene rings is 1. The van der Waals surface area contributed by atoms with E-state index in [4.69, 9.17) is 0 Å². The van der Waals surface area contributed by atoms with Gasteiger partial charge in [0.1, 0.15) is 0 Å². The molecule has 0 radical (unpaired) electrons. The van der Waals surface area contributed by atoms with Gasteiger partial charge in [-0.1, -0.05) is 30.3 Å². The van der Waals surface area contributed by atoms with E-state index in [0.29, 0.717) is 6.42 Å². The fourth-order valence-electron chi connectivity index (χ4n) is 1.59. The topological polar surface area (TPSA) is 32.7 Å². The molecule has 1 heterocycles. The molecule has 0 atom stereocenters. The molecule has 1 saturated heterocycles. The van der Waals surface area contributed by atoms with Crippen molar-refractivity contribution in [2.24, 2.45) is 5.10 Å². The van der Waals surface area contributed by atoms with Gasteiger partial charge in [-0.3, -0.25) is 4.79 Å². The summed E-state index contributed by atoms with van der Waals surface area (Å²) in [4.78, 5) is 11.4. The zero-order valence-electron chi connectivity index (χ0n) is 8.60. The maximum atomic E-state index is 11.4. The summed E-state index contributed by atoms with van der Waals surface area (Å²) in [5.74, 6) is 0.133. The SMILES string of the molecule is O=C1CCCCN1/N=C/c1ccccc1. The molecule has 0 aliphatic carbocycles. The van der Waals surface area contributed by atoms with Crippen molar-refractivity contribution in [2.75, 3.05) is 6.54 Å². The minimum atomic E-state index is 0.133. The monoisotopic (exact) mass is 202 g/mol. The summed E-state index contributed by atoms with van der Waals surface area (Å²) in [6.07, 6.45) is 4.42. The lowest BCUT2D eigenvalue weighted by atomic mass is 10.1. The Morgan fingerprint density at radius 3 is 2.73 bits per heavy atom. The summed E-state index contributed by atoms with van der Waals surface area (Å²) < 4.78 is 0. The Kier molecular flexibility index (Phi) is 3.12. The van der Waals surface area contributed by atoms with Crippen LogP contribution in [-0.4, -0.2) is 23.7 Å². The highest BCUT2D eigenvalue weighted by atomic mass is 16.2. The predicted molar refractivity (Wildman–Crippen MR) is 59.6 cm³/mol. The minimum absolute atomic E-state index is 0.133. The summed E-state index contributed by atoms with van der Waals surface area (Å²) in [7, 11) is 0. The number of rotatable bonds is 2. The number of carbonyl (C=O) groups is 1. The van der Waals surface area contributed by atoms with E-state index in [9.17, 15) is 4.79 Å². The van der Waals surface area contributed by atoms with Crippen molar-refractivity contribution in [1.82, 2.24) is 5.01 Å². The third-order valence-electron chi connectivity index (χ3n) is 2.44. The van der Waals surface area contributed by atoms with Crippen LogP contribution in [0.4, 0.5) is 0 Å². The second-order valence-electron chi connectivity index (χ2n) is 3.63. The van der Waals surface area contributed by atoms with E-state index in [1.807, 2.05) is 30.3 Å². The van der Waals surface area contributed by atoms with E-state index in [-0.39, 0.29) is 5.91 Å². The molecule has 0 spiro atoms. The zero-order chi connectivity index (χ0) is 10.5. The predicted octanol–water partition coefficient (Wildman–Crippen LogP) is 2.03. The van der Waals surface area contributed by atoms with Gasteiger partial charge < -0.3 is 0 Å². The number of hydrogen-bond acceptors (Lipinski definition) is 2. The van der Waals surface area contributed by atoms with Crippen molar-refractivity contribution in [3.63, 3.8) is 0 Å². The summed E-state index contributed by atoms with van der Waals surface area (Å²) in [5.41, 5.74) is 1.02. The molecule has 2 rings (SSSR count). The Morgan fingerprint density at radius 1 is 1.20 bits per heavy atom. The van der Waals surface area contributed by atoms with Crippen LogP contribution in [0, 0.1) is 0 Å². The first-order valence-corrected chi connectivity index (χ1v) is 5.26.